The molecule has 0 aliphatic rings. The van der Waals surface area contributed by atoms with Crippen LogP contribution in [0.4, 0.5) is 0 Å². The lowest BCUT2D eigenvalue weighted by molar-refractivity contribution is -0.151. The Hall–Kier alpha value is -1.96. The van der Waals surface area contributed by atoms with E-state index in [9.17, 15) is 9.59 Å². The Kier molecular flexibility index (Phi) is 10.4. The molecule has 0 fully saturated rings. The Bertz CT molecular complexity index is 447. The molecule has 0 bridgehead atoms. The van der Waals surface area contributed by atoms with E-state index in [4.69, 9.17) is 24.1 Å². The van der Waals surface area contributed by atoms with Gasteiger partial charge in [-0.25, -0.2) is 4.79 Å². The van der Waals surface area contributed by atoms with Crippen LogP contribution in [0.3, 0.4) is 0 Å². The number of hydrogen-bond acceptors (Lipinski definition) is 6. The monoisotopic (exact) mass is 326 g/mol. The van der Waals surface area contributed by atoms with Crippen LogP contribution in [0.2, 0.25) is 0 Å². The van der Waals surface area contributed by atoms with Crippen molar-refractivity contribution in [3.63, 3.8) is 0 Å². The third-order valence-corrected chi connectivity index (χ3v) is 2.67. The molecule has 128 valence electrons. The van der Waals surface area contributed by atoms with E-state index in [1.165, 1.54) is 0 Å². The lowest BCUT2D eigenvalue weighted by Gasteiger charge is -2.07. The quantitative estimate of drug-likeness (QED) is 0.431. The predicted molar refractivity (Wildman–Crippen MR) is 80.9 cm³/mol. The van der Waals surface area contributed by atoms with Crippen molar-refractivity contribution < 1.29 is 33.6 Å². The minimum absolute atomic E-state index is 0.0196. The number of carboxylic acid groups (broad SMARTS) is 1. The Morgan fingerprint density at radius 1 is 0.870 bits per heavy atom. The SMILES string of the molecule is O=C(O)CCOCCOCCOCC(=O)OCc1ccccc1. The van der Waals surface area contributed by atoms with E-state index in [1.807, 2.05) is 30.3 Å². The Balaban J connectivity index is 1.87. The molecular weight excluding hydrogens is 304 g/mol. The summed E-state index contributed by atoms with van der Waals surface area (Å²) in [6.07, 6.45) is -0.0196. The average molecular weight is 326 g/mol. The largest absolute Gasteiger partial charge is 0.481 e. The molecule has 0 spiro atoms. The van der Waals surface area contributed by atoms with Crippen molar-refractivity contribution >= 4 is 11.9 Å². The molecule has 0 aliphatic carbocycles. The molecule has 7 nitrogen and oxygen atoms in total. The summed E-state index contributed by atoms with van der Waals surface area (Å²) in [5.41, 5.74) is 0.923. The number of carboxylic acids is 1. The molecule has 1 N–H and O–H groups in total. The molecular formula is C16H22O7. The van der Waals surface area contributed by atoms with Gasteiger partial charge in [-0.1, -0.05) is 30.3 Å². The maximum absolute atomic E-state index is 11.4. The third kappa shape index (κ3) is 11.3. The van der Waals surface area contributed by atoms with Gasteiger partial charge in [0, 0.05) is 0 Å². The minimum atomic E-state index is -0.890. The molecule has 23 heavy (non-hydrogen) atoms. The number of rotatable bonds is 13. The van der Waals surface area contributed by atoms with Crippen LogP contribution in [0.5, 0.6) is 0 Å². The van der Waals surface area contributed by atoms with Crippen LogP contribution in [0.25, 0.3) is 0 Å². The molecule has 0 aromatic heterocycles. The van der Waals surface area contributed by atoms with Crippen LogP contribution in [-0.2, 0) is 35.1 Å². The smallest absolute Gasteiger partial charge is 0.332 e. The summed E-state index contributed by atoms with van der Waals surface area (Å²) in [6, 6.07) is 9.40. The molecule has 0 heterocycles. The van der Waals surface area contributed by atoms with E-state index in [0.29, 0.717) is 19.8 Å². The molecule has 0 aliphatic heterocycles. The van der Waals surface area contributed by atoms with Crippen LogP contribution in [0.15, 0.2) is 30.3 Å². The van der Waals surface area contributed by atoms with Gasteiger partial charge >= 0.3 is 11.9 Å². The Labute approximate surface area is 135 Å². The zero-order valence-electron chi connectivity index (χ0n) is 12.9. The number of esters is 1. The third-order valence-electron chi connectivity index (χ3n) is 2.67. The first-order valence-electron chi connectivity index (χ1n) is 7.33. The van der Waals surface area contributed by atoms with Gasteiger partial charge in [0.2, 0.25) is 0 Å². The zero-order valence-corrected chi connectivity index (χ0v) is 12.9. The highest BCUT2D eigenvalue weighted by Gasteiger charge is 2.03. The summed E-state index contributed by atoms with van der Waals surface area (Å²) >= 11 is 0. The molecule has 0 radical (unpaired) electrons. The van der Waals surface area contributed by atoms with Gasteiger partial charge in [0.15, 0.2) is 0 Å². The fraction of sp³-hybridized carbons (Fsp3) is 0.500. The molecule has 0 saturated carbocycles. The van der Waals surface area contributed by atoms with Gasteiger partial charge < -0.3 is 24.1 Å². The van der Waals surface area contributed by atoms with Crippen LogP contribution in [0, 0.1) is 0 Å². The molecule has 0 unspecified atom stereocenters. The predicted octanol–water partition coefficient (Wildman–Crippen LogP) is 1.25. The second kappa shape index (κ2) is 12.6. The van der Waals surface area contributed by atoms with Gasteiger partial charge in [0.1, 0.15) is 13.2 Å². The molecule has 7 heteroatoms. The molecule has 0 saturated heterocycles. The highest BCUT2D eigenvalue weighted by atomic mass is 16.6. The fourth-order valence-corrected chi connectivity index (χ4v) is 1.53. The number of benzene rings is 1. The molecule has 1 rings (SSSR count). The standard InChI is InChI=1S/C16H22O7/c17-15(18)6-7-20-8-9-21-10-11-22-13-16(19)23-12-14-4-2-1-3-5-14/h1-5H,6-13H2,(H,17,18). The van der Waals surface area contributed by atoms with Crippen molar-refractivity contribution in [3.05, 3.63) is 35.9 Å². The van der Waals surface area contributed by atoms with Gasteiger partial charge in [-0.2, -0.15) is 0 Å². The molecule has 0 amide bonds. The van der Waals surface area contributed by atoms with Gasteiger partial charge in [0.05, 0.1) is 39.5 Å². The lowest BCUT2D eigenvalue weighted by atomic mass is 10.2. The number of carbonyl (C=O) groups is 2. The highest BCUT2D eigenvalue weighted by Crippen LogP contribution is 2.00. The fourth-order valence-electron chi connectivity index (χ4n) is 1.53. The van der Waals surface area contributed by atoms with Crippen molar-refractivity contribution in [2.45, 2.75) is 13.0 Å². The maximum atomic E-state index is 11.4. The van der Waals surface area contributed by atoms with Gasteiger partial charge in [-0.05, 0) is 5.56 Å². The highest BCUT2D eigenvalue weighted by molar-refractivity contribution is 5.70. The van der Waals surface area contributed by atoms with E-state index in [2.05, 4.69) is 0 Å². The number of hydrogen-bond donors (Lipinski definition) is 1. The van der Waals surface area contributed by atoms with Gasteiger partial charge in [0.25, 0.3) is 0 Å². The summed E-state index contributed by atoms with van der Waals surface area (Å²) in [5.74, 6) is -1.32. The number of aliphatic carboxylic acids is 1. The first-order valence-corrected chi connectivity index (χ1v) is 7.33. The molecule has 1 aromatic carbocycles. The average Bonchev–Trinajstić information content (AvgIpc) is 2.55. The van der Waals surface area contributed by atoms with E-state index >= 15 is 0 Å². The van der Waals surface area contributed by atoms with E-state index in [0.717, 1.165) is 5.56 Å². The van der Waals surface area contributed by atoms with E-state index in [1.54, 1.807) is 0 Å². The van der Waals surface area contributed by atoms with Gasteiger partial charge in [-0.15, -0.1) is 0 Å². The molecule has 0 atom stereocenters. The lowest BCUT2D eigenvalue weighted by Crippen LogP contribution is -2.16. The van der Waals surface area contributed by atoms with E-state index < -0.39 is 11.9 Å². The summed E-state index contributed by atoms with van der Waals surface area (Å²) in [5, 5.41) is 8.40. The normalized spacial score (nSPS) is 10.4. The first kappa shape index (κ1) is 19.1. The van der Waals surface area contributed by atoms with Crippen molar-refractivity contribution in [1.82, 2.24) is 0 Å². The maximum Gasteiger partial charge on any atom is 0.332 e. The second-order valence-electron chi connectivity index (χ2n) is 4.57. The van der Waals surface area contributed by atoms with Crippen LogP contribution >= 0.6 is 0 Å². The first-order chi connectivity index (χ1) is 11.2. The second-order valence-corrected chi connectivity index (χ2v) is 4.57. The topological polar surface area (TPSA) is 91.3 Å². The van der Waals surface area contributed by atoms with E-state index in [-0.39, 0.29) is 32.8 Å². The van der Waals surface area contributed by atoms with Crippen LogP contribution < -0.4 is 0 Å². The van der Waals surface area contributed by atoms with Crippen molar-refractivity contribution in [1.29, 1.82) is 0 Å². The summed E-state index contributed by atoms with van der Waals surface area (Å²) in [4.78, 5) is 21.6. The zero-order chi connectivity index (χ0) is 16.8. The summed E-state index contributed by atoms with van der Waals surface area (Å²) in [7, 11) is 0. The number of carbonyl (C=O) groups excluding carboxylic acids is 1. The Morgan fingerprint density at radius 2 is 1.48 bits per heavy atom. The van der Waals surface area contributed by atoms with Crippen LogP contribution in [0.1, 0.15) is 12.0 Å². The molecule has 1 aromatic rings. The van der Waals surface area contributed by atoms with Crippen molar-refractivity contribution in [2.24, 2.45) is 0 Å². The van der Waals surface area contributed by atoms with Crippen LogP contribution in [-0.4, -0.2) is 56.7 Å². The van der Waals surface area contributed by atoms with Gasteiger partial charge in [-0.3, -0.25) is 4.79 Å². The van der Waals surface area contributed by atoms with Crippen molar-refractivity contribution in [3.8, 4) is 0 Å². The summed E-state index contributed by atoms with van der Waals surface area (Å²) in [6.45, 7) is 1.55. The Morgan fingerprint density at radius 3 is 2.13 bits per heavy atom. The minimum Gasteiger partial charge on any atom is -0.481 e. The summed E-state index contributed by atoms with van der Waals surface area (Å²) < 4.78 is 20.4. The number of ether oxygens (including phenoxy) is 4. The van der Waals surface area contributed by atoms with Crippen molar-refractivity contribution in [2.75, 3.05) is 39.6 Å².